The van der Waals surface area contributed by atoms with Gasteiger partial charge in [-0.1, -0.05) is 36.2 Å². The molecule has 1 aromatic heterocycles. The molecule has 2 nitrogen and oxygen atoms in total. The highest BCUT2D eigenvalue weighted by Gasteiger charge is 2.31. The zero-order valence-electron chi connectivity index (χ0n) is 11.4. The summed E-state index contributed by atoms with van der Waals surface area (Å²) >= 11 is 0. The minimum Gasteiger partial charge on any atom is -0.379 e. The van der Waals surface area contributed by atoms with Gasteiger partial charge in [-0.15, -0.1) is 0 Å². The molecule has 0 spiro atoms. The van der Waals surface area contributed by atoms with Crippen LogP contribution < -0.4 is 0 Å². The molecule has 0 aliphatic heterocycles. The van der Waals surface area contributed by atoms with Gasteiger partial charge in [0.2, 0.25) is 0 Å². The van der Waals surface area contributed by atoms with Crippen molar-refractivity contribution in [2.75, 3.05) is 0 Å². The summed E-state index contributed by atoms with van der Waals surface area (Å²) in [6.45, 7) is 5.87. The molecule has 1 heterocycles. The fourth-order valence-electron chi connectivity index (χ4n) is 2.37. The summed E-state index contributed by atoms with van der Waals surface area (Å²) in [7, 11) is 0. The van der Waals surface area contributed by atoms with E-state index in [1.165, 1.54) is 12.1 Å². The number of hydrogen-bond acceptors (Lipinski definition) is 2. The van der Waals surface area contributed by atoms with Crippen molar-refractivity contribution in [3.63, 3.8) is 0 Å². The molecular weight excluding hydrogens is 241 g/mol. The zero-order chi connectivity index (χ0) is 14.0. The highest BCUT2D eigenvalue weighted by atomic mass is 19.1. The highest BCUT2D eigenvalue weighted by molar-refractivity contribution is 5.37. The molecular formula is C16H18FNO. The lowest BCUT2D eigenvalue weighted by Gasteiger charge is -2.27. The van der Waals surface area contributed by atoms with E-state index in [4.69, 9.17) is 0 Å². The lowest BCUT2D eigenvalue weighted by atomic mass is 9.86. The molecule has 0 aliphatic carbocycles. The summed E-state index contributed by atoms with van der Waals surface area (Å²) in [6, 6.07) is 8.81. The molecule has 2 aromatic rings. The second-order valence-corrected chi connectivity index (χ2v) is 4.95. The number of aliphatic hydroxyl groups is 1. The van der Waals surface area contributed by atoms with Crippen LogP contribution in [0.5, 0.6) is 0 Å². The topological polar surface area (TPSA) is 33.1 Å². The van der Waals surface area contributed by atoms with E-state index in [-0.39, 0.29) is 0 Å². The monoisotopic (exact) mass is 259 g/mol. The molecule has 0 saturated carbocycles. The molecule has 1 atom stereocenters. The maximum atomic E-state index is 13.0. The average Bonchev–Trinajstić information content (AvgIpc) is 2.37. The van der Waals surface area contributed by atoms with Crippen molar-refractivity contribution < 1.29 is 9.50 Å². The molecule has 0 fully saturated rings. The third kappa shape index (κ3) is 2.66. The predicted molar refractivity (Wildman–Crippen MR) is 73.4 cm³/mol. The van der Waals surface area contributed by atoms with Crippen LogP contribution in [-0.4, -0.2) is 10.1 Å². The van der Waals surface area contributed by atoms with Crippen molar-refractivity contribution in [2.45, 2.75) is 32.8 Å². The Morgan fingerprint density at radius 2 is 1.79 bits per heavy atom. The maximum absolute atomic E-state index is 13.0. The Bertz CT molecular complexity index is 560. The van der Waals surface area contributed by atoms with E-state index in [0.717, 1.165) is 22.9 Å². The van der Waals surface area contributed by atoms with E-state index in [1.54, 1.807) is 0 Å². The quantitative estimate of drug-likeness (QED) is 0.915. The first kappa shape index (κ1) is 13.7. The predicted octanol–water partition coefficient (Wildman–Crippen LogP) is 3.48. The fraction of sp³-hybridized carbons (Fsp3) is 0.312. The SMILES string of the molecule is CCC(O)(c1cc(C)cc(C)c1)c1ccc(F)cn1. The number of pyridine rings is 1. The van der Waals surface area contributed by atoms with Gasteiger partial charge in [0.25, 0.3) is 0 Å². The molecule has 0 amide bonds. The van der Waals surface area contributed by atoms with Crippen LogP contribution in [0.15, 0.2) is 36.5 Å². The van der Waals surface area contributed by atoms with Gasteiger partial charge in [0.15, 0.2) is 0 Å². The Morgan fingerprint density at radius 3 is 2.26 bits per heavy atom. The summed E-state index contributed by atoms with van der Waals surface area (Å²) in [5.74, 6) is -0.400. The largest absolute Gasteiger partial charge is 0.379 e. The lowest BCUT2D eigenvalue weighted by Crippen LogP contribution is -2.27. The molecule has 19 heavy (non-hydrogen) atoms. The molecule has 100 valence electrons. The number of hydrogen-bond donors (Lipinski definition) is 1. The fourth-order valence-corrected chi connectivity index (χ4v) is 2.37. The first-order valence-electron chi connectivity index (χ1n) is 6.39. The Morgan fingerprint density at radius 1 is 1.16 bits per heavy atom. The minimum atomic E-state index is -1.18. The van der Waals surface area contributed by atoms with Crippen molar-refractivity contribution in [3.05, 3.63) is 64.7 Å². The van der Waals surface area contributed by atoms with Crippen LogP contribution in [0.25, 0.3) is 0 Å². The van der Waals surface area contributed by atoms with Gasteiger partial charge in [0.05, 0.1) is 11.9 Å². The van der Waals surface area contributed by atoms with E-state index < -0.39 is 11.4 Å². The van der Waals surface area contributed by atoms with Crippen LogP contribution in [0, 0.1) is 19.7 Å². The van der Waals surface area contributed by atoms with Crippen LogP contribution >= 0.6 is 0 Å². The van der Waals surface area contributed by atoms with E-state index >= 15 is 0 Å². The zero-order valence-corrected chi connectivity index (χ0v) is 11.4. The summed E-state index contributed by atoms with van der Waals surface area (Å²) in [4.78, 5) is 4.03. The second kappa shape index (κ2) is 5.10. The molecule has 1 aromatic carbocycles. The molecule has 0 aliphatic rings. The lowest BCUT2D eigenvalue weighted by molar-refractivity contribution is 0.0716. The smallest absolute Gasteiger partial charge is 0.141 e. The summed E-state index contributed by atoms with van der Waals surface area (Å²) < 4.78 is 13.0. The normalized spacial score (nSPS) is 14.2. The number of aryl methyl sites for hydroxylation is 2. The van der Waals surface area contributed by atoms with Gasteiger partial charge in [-0.3, -0.25) is 4.98 Å². The first-order chi connectivity index (χ1) is 8.95. The van der Waals surface area contributed by atoms with Crippen LogP contribution in [0.2, 0.25) is 0 Å². The van der Waals surface area contributed by atoms with E-state index in [9.17, 15) is 9.50 Å². The van der Waals surface area contributed by atoms with Crippen molar-refractivity contribution >= 4 is 0 Å². The van der Waals surface area contributed by atoms with Gasteiger partial charge in [0, 0.05) is 0 Å². The highest BCUT2D eigenvalue weighted by Crippen LogP contribution is 2.32. The summed E-state index contributed by atoms with van der Waals surface area (Å²) in [5, 5.41) is 10.9. The van der Waals surface area contributed by atoms with Gasteiger partial charge >= 0.3 is 0 Å². The third-order valence-electron chi connectivity index (χ3n) is 3.36. The van der Waals surface area contributed by atoms with E-state index in [1.807, 2.05) is 32.9 Å². The summed E-state index contributed by atoms with van der Waals surface area (Å²) in [6.07, 6.45) is 1.62. The van der Waals surface area contributed by atoms with Gasteiger partial charge in [0.1, 0.15) is 11.4 Å². The van der Waals surface area contributed by atoms with E-state index in [2.05, 4.69) is 11.1 Å². The van der Waals surface area contributed by atoms with Crippen LogP contribution in [0.4, 0.5) is 4.39 Å². The Labute approximate surface area is 112 Å². The van der Waals surface area contributed by atoms with Crippen LogP contribution in [0.3, 0.4) is 0 Å². The van der Waals surface area contributed by atoms with Crippen molar-refractivity contribution in [1.82, 2.24) is 4.98 Å². The minimum absolute atomic E-state index is 0.400. The molecule has 1 unspecified atom stereocenters. The van der Waals surface area contributed by atoms with Gasteiger partial charge in [-0.25, -0.2) is 4.39 Å². The molecule has 0 radical (unpaired) electrons. The van der Waals surface area contributed by atoms with Crippen molar-refractivity contribution in [1.29, 1.82) is 0 Å². The van der Waals surface area contributed by atoms with Crippen LogP contribution in [0.1, 0.15) is 35.7 Å². The Hall–Kier alpha value is -1.74. The van der Waals surface area contributed by atoms with Gasteiger partial charge in [-0.2, -0.15) is 0 Å². The summed E-state index contributed by atoms with van der Waals surface area (Å²) in [5.41, 5.74) is 2.27. The standard InChI is InChI=1S/C16H18FNO/c1-4-16(19,15-6-5-14(17)10-18-15)13-8-11(2)7-12(3)9-13/h5-10,19H,4H2,1-3H3. The third-order valence-corrected chi connectivity index (χ3v) is 3.36. The van der Waals surface area contributed by atoms with Gasteiger partial charge in [-0.05, 0) is 38.0 Å². The maximum Gasteiger partial charge on any atom is 0.141 e. The molecule has 0 saturated heterocycles. The van der Waals surface area contributed by atoms with Crippen LogP contribution in [-0.2, 0) is 5.60 Å². The number of halogens is 1. The Balaban J connectivity index is 2.55. The second-order valence-electron chi connectivity index (χ2n) is 4.95. The first-order valence-corrected chi connectivity index (χ1v) is 6.39. The van der Waals surface area contributed by atoms with E-state index in [0.29, 0.717) is 12.1 Å². The molecule has 1 N–H and O–H groups in total. The van der Waals surface area contributed by atoms with Crippen molar-refractivity contribution in [3.8, 4) is 0 Å². The van der Waals surface area contributed by atoms with Gasteiger partial charge < -0.3 is 5.11 Å². The number of rotatable bonds is 3. The molecule has 3 heteroatoms. The van der Waals surface area contributed by atoms with Crippen molar-refractivity contribution in [2.24, 2.45) is 0 Å². The average molecular weight is 259 g/mol. The number of aromatic nitrogens is 1. The molecule has 2 rings (SSSR count). The Kier molecular flexibility index (Phi) is 3.67. The number of benzene rings is 1. The molecule has 0 bridgehead atoms. The number of nitrogens with zero attached hydrogens (tertiary/aromatic N) is 1.